The molecule has 1 rings (SSSR count). The summed E-state index contributed by atoms with van der Waals surface area (Å²) in [6.07, 6.45) is 0. The molecule has 0 N–H and O–H groups in total. The SMILES string of the molecule is O=S(=O)(Cl)c1cc(F)cc(F)c1OCCF. The number of hydrogen-bond donors (Lipinski definition) is 0. The van der Waals surface area contributed by atoms with Crippen LogP contribution in [0.25, 0.3) is 0 Å². The van der Waals surface area contributed by atoms with Gasteiger partial charge in [-0.2, -0.15) is 0 Å². The summed E-state index contributed by atoms with van der Waals surface area (Å²) in [6.45, 7) is -1.50. The van der Waals surface area contributed by atoms with Gasteiger partial charge in [0.1, 0.15) is 24.0 Å². The zero-order chi connectivity index (χ0) is 12.3. The zero-order valence-electron chi connectivity index (χ0n) is 7.71. The molecule has 0 fully saturated rings. The molecule has 1 aromatic carbocycles. The number of hydrogen-bond acceptors (Lipinski definition) is 3. The van der Waals surface area contributed by atoms with Crippen molar-refractivity contribution in [1.82, 2.24) is 0 Å². The molecule has 0 saturated carbocycles. The molecule has 1 aromatic rings. The number of alkyl halides is 1. The normalized spacial score (nSPS) is 11.5. The van der Waals surface area contributed by atoms with Gasteiger partial charge in [0.2, 0.25) is 0 Å². The molecule has 0 bridgehead atoms. The van der Waals surface area contributed by atoms with Crippen molar-refractivity contribution < 1.29 is 26.3 Å². The molecule has 0 aromatic heterocycles. The fourth-order valence-electron chi connectivity index (χ4n) is 0.999. The number of ether oxygens (including phenoxy) is 1. The third kappa shape index (κ3) is 3.02. The van der Waals surface area contributed by atoms with Crippen LogP contribution in [0, 0.1) is 11.6 Å². The van der Waals surface area contributed by atoms with Gasteiger partial charge in [-0.3, -0.25) is 0 Å². The fraction of sp³-hybridized carbons (Fsp3) is 0.250. The van der Waals surface area contributed by atoms with Crippen molar-refractivity contribution in [3.05, 3.63) is 23.8 Å². The van der Waals surface area contributed by atoms with E-state index >= 15 is 0 Å². The van der Waals surface area contributed by atoms with Crippen LogP contribution in [-0.4, -0.2) is 21.7 Å². The molecule has 0 spiro atoms. The lowest BCUT2D eigenvalue weighted by molar-refractivity contribution is 0.255. The Kier molecular flexibility index (Phi) is 4.03. The second-order valence-electron chi connectivity index (χ2n) is 2.69. The highest BCUT2D eigenvalue weighted by molar-refractivity contribution is 8.13. The third-order valence-electron chi connectivity index (χ3n) is 1.56. The lowest BCUT2D eigenvalue weighted by atomic mass is 10.3. The molecule has 0 unspecified atom stereocenters. The average Bonchev–Trinajstić information content (AvgIpc) is 2.14. The molecule has 0 aliphatic heterocycles. The maximum atomic E-state index is 13.2. The van der Waals surface area contributed by atoms with Crippen LogP contribution in [0.4, 0.5) is 13.2 Å². The predicted octanol–water partition coefficient (Wildman–Crippen LogP) is 2.24. The summed E-state index contributed by atoms with van der Waals surface area (Å²) in [7, 11) is 0.588. The molecular weight excluding hydrogens is 269 g/mol. The first kappa shape index (κ1) is 13.1. The van der Waals surface area contributed by atoms with Gasteiger partial charge in [-0.1, -0.05) is 0 Å². The Hall–Kier alpha value is -0.950. The van der Waals surface area contributed by atoms with Gasteiger partial charge in [0, 0.05) is 16.7 Å². The summed E-state index contributed by atoms with van der Waals surface area (Å²) in [6, 6.07) is 0.915. The molecule has 0 amide bonds. The average molecular weight is 275 g/mol. The lowest BCUT2D eigenvalue weighted by Gasteiger charge is -2.09. The van der Waals surface area contributed by atoms with Gasteiger partial charge in [-0.05, 0) is 6.07 Å². The van der Waals surface area contributed by atoms with Crippen LogP contribution in [0.3, 0.4) is 0 Å². The van der Waals surface area contributed by atoms with Crippen molar-refractivity contribution in [2.45, 2.75) is 4.90 Å². The Balaban J connectivity index is 3.33. The van der Waals surface area contributed by atoms with Gasteiger partial charge in [0.05, 0.1) is 0 Å². The predicted molar refractivity (Wildman–Crippen MR) is 50.9 cm³/mol. The summed E-state index contributed by atoms with van der Waals surface area (Å²) in [4.78, 5) is -0.861. The van der Waals surface area contributed by atoms with E-state index in [9.17, 15) is 21.6 Å². The fourth-order valence-corrected chi connectivity index (χ4v) is 1.97. The van der Waals surface area contributed by atoms with Crippen LogP contribution in [0.5, 0.6) is 5.75 Å². The quantitative estimate of drug-likeness (QED) is 0.791. The van der Waals surface area contributed by atoms with Crippen molar-refractivity contribution in [3.8, 4) is 5.75 Å². The van der Waals surface area contributed by atoms with E-state index in [2.05, 4.69) is 4.74 Å². The summed E-state index contributed by atoms with van der Waals surface area (Å²) >= 11 is 0. The first-order valence-corrected chi connectivity index (χ1v) is 6.29. The van der Waals surface area contributed by atoms with Gasteiger partial charge in [0.25, 0.3) is 9.05 Å². The molecule has 0 saturated heterocycles. The number of halogens is 4. The first-order chi connectivity index (χ1) is 7.36. The van der Waals surface area contributed by atoms with Gasteiger partial charge < -0.3 is 4.74 Å². The molecule has 16 heavy (non-hydrogen) atoms. The van der Waals surface area contributed by atoms with E-state index < -0.39 is 44.6 Å². The highest BCUT2D eigenvalue weighted by atomic mass is 35.7. The van der Waals surface area contributed by atoms with E-state index in [0.29, 0.717) is 12.1 Å². The zero-order valence-corrected chi connectivity index (χ0v) is 9.29. The number of rotatable bonds is 4. The molecule has 3 nitrogen and oxygen atoms in total. The van der Waals surface area contributed by atoms with Crippen LogP contribution in [0.15, 0.2) is 17.0 Å². The van der Waals surface area contributed by atoms with Crippen molar-refractivity contribution in [1.29, 1.82) is 0 Å². The minimum atomic E-state index is -4.36. The van der Waals surface area contributed by atoms with Crippen LogP contribution in [0.2, 0.25) is 0 Å². The molecular formula is C8H6ClF3O3S. The summed E-state index contributed by atoms with van der Waals surface area (Å²) in [5.41, 5.74) is 0. The van der Waals surface area contributed by atoms with Crippen molar-refractivity contribution in [2.75, 3.05) is 13.3 Å². The van der Waals surface area contributed by atoms with Gasteiger partial charge in [-0.25, -0.2) is 21.6 Å². The maximum Gasteiger partial charge on any atom is 0.265 e. The van der Waals surface area contributed by atoms with Crippen molar-refractivity contribution >= 4 is 19.7 Å². The maximum absolute atomic E-state index is 13.2. The summed E-state index contributed by atoms with van der Waals surface area (Å²) < 4.78 is 64.2. The van der Waals surface area contributed by atoms with E-state index in [0.717, 1.165) is 0 Å². The molecule has 0 atom stereocenters. The number of benzene rings is 1. The molecule has 0 heterocycles. The molecule has 0 radical (unpaired) electrons. The molecule has 8 heteroatoms. The standard InChI is InChI=1S/C8H6ClF3O3S/c9-16(13,14)7-4-5(11)3-6(12)8(7)15-2-1-10/h3-4H,1-2H2. The topological polar surface area (TPSA) is 43.4 Å². The molecule has 0 aliphatic rings. The Morgan fingerprint density at radius 3 is 2.44 bits per heavy atom. The summed E-state index contributed by atoms with van der Waals surface area (Å²) in [5, 5.41) is 0. The monoisotopic (exact) mass is 274 g/mol. The lowest BCUT2D eigenvalue weighted by Crippen LogP contribution is -2.06. The Morgan fingerprint density at radius 2 is 1.94 bits per heavy atom. The minimum Gasteiger partial charge on any atom is -0.486 e. The second kappa shape index (κ2) is 4.92. The van der Waals surface area contributed by atoms with Crippen molar-refractivity contribution in [2.24, 2.45) is 0 Å². The van der Waals surface area contributed by atoms with E-state index in [1.807, 2.05) is 0 Å². The Bertz CT molecular complexity index is 490. The largest absolute Gasteiger partial charge is 0.486 e. The molecule has 90 valence electrons. The Labute approximate surface area is 94.2 Å². The van der Waals surface area contributed by atoms with Crippen LogP contribution in [0.1, 0.15) is 0 Å². The highest BCUT2D eigenvalue weighted by Gasteiger charge is 2.22. The van der Waals surface area contributed by atoms with Crippen molar-refractivity contribution in [3.63, 3.8) is 0 Å². The van der Waals surface area contributed by atoms with Crippen LogP contribution in [-0.2, 0) is 9.05 Å². The van der Waals surface area contributed by atoms with Gasteiger partial charge in [0.15, 0.2) is 11.6 Å². The smallest absolute Gasteiger partial charge is 0.265 e. The second-order valence-corrected chi connectivity index (χ2v) is 5.22. The Morgan fingerprint density at radius 1 is 1.31 bits per heavy atom. The van der Waals surface area contributed by atoms with E-state index in [1.54, 1.807) is 0 Å². The van der Waals surface area contributed by atoms with Gasteiger partial charge in [-0.15, -0.1) is 0 Å². The minimum absolute atomic E-state index is 0.416. The van der Waals surface area contributed by atoms with Crippen LogP contribution >= 0.6 is 10.7 Å². The first-order valence-electron chi connectivity index (χ1n) is 3.98. The van der Waals surface area contributed by atoms with E-state index in [1.165, 1.54) is 0 Å². The van der Waals surface area contributed by atoms with Gasteiger partial charge >= 0.3 is 0 Å². The van der Waals surface area contributed by atoms with Crippen LogP contribution < -0.4 is 4.74 Å². The molecule has 0 aliphatic carbocycles. The third-order valence-corrected chi connectivity index (χ3v) is 2.89. The van der Waals surface area contributed by atoms with E-state index in [4.69, 9.17) is 10.7 Å². The highest BCUT2D eigenvalue weighted by Crippen LogP contribution is 2.30. The van der Waals surface area contributed by atoms with E-state index in [-0.39, 0.29) is 0 Å². The summed E-state index contributed by atoms with van der Waals surface area (Å²) in [5.74, 6) is -3.16.